The van der Waals surface area contributed by atoms with Gasteiger partial charge in [-0.3, -0.25) is 4.79 Å². The Hall–Kier alpha value is -4.08. The number of rotatable bonds is 8. The highest BCUT2D eigenvalue weighted by molar-refractivity contribution is 6.32. The summed E-state index contributed by atoms with van der Waals surface area (Å²) in [6.07, 6.45) is -3.17. The van der Waals surface area contributed by atoms with Crippen LogP contribution < -0.4 is 15.5 Å². The van der Waals surface area contributed by atoms with Gasteiger partial charge in [0.05, 0.1) is 11.2 Å². The molecule has 4 aromatic carbocycles. The van der Waals surface area contributed by atoms with E-state index < -0.39 is 12.3 Å². The average molecular weight is 528 g/mol. The topological polar surface area (TPSA) is 83.0 Å². The van der Waals surface area contributed by atoms with E-state index in [4.69, 9.17) is 11.6 Å². The maximum Gasteiger partial charge on any atom is 0.573 e. The Morgan fingerprint density at radius 3 is 2.41 bits per heavy atom. The number of fused-ring (bicyclic) bond motifs is 1. The molecule has 0 aliphatic carbocycles. The third kappa shape index (κ3) is 6.99. The second-order valence-corrected chi connectivity index (χ2v) is 8.43. The smallest absolute Gasteiger partial charge is 0.506 e. The molecule has 6 nitrogen and oxygen atoms in total. The molecule has 190 valence electrons. The molecular formula is C27H21ClF3N3O3. The van der Waals surface area contributed by atoms with Crippen LogP contribution in [0.5, 0.6) is 11.5 Å². The fraction of sp³-hybridized carbons (Fsp3) is 0.111. The van der Waals surface area contributed by atoms with Crippen LogP contribution in [0, 0.1) is 0 Å². The Labute approximate surface area is 215 Å². The fourth-order valence-electron chi connectivity index (χ4n) is 3.68. The van der Waals surface area contributed by atoms with Crippen LogP contribution in [0.25, 0.3) is 10.8 Å². The van der Waals surface area contributed by atoms with Gasteiger partial charge in [-0.2, -0.15) is 5.10 Å². The first-order valence-corrected chi connectivity index (χ1v) is 11.5. The van der Waals surface area contributed by atoms with E-state index in [0.717, 1.165) is 27.5 Å². The summed E-state index contributed by atoms with van der Waals surface area (Å²) in [6, 6.07) is 21.4. The molecule has 4 rings (SSSR count). The van der Waals surface area contributed by atoms with E-state index in [-0.39, 0.29) is 22.1 Å². The van der Waals surface area contributed by atoms with Crippen molar-refractivity contribution in [2.24, 2.45) is 5.10 Å². The number of benzene rings is 4. The van der Waals surface area contributed by atoms with Gasteiger partial charge in [0.15, 0.2) is 0 Å². The maximum absolute atomic E-state index is 12.3. The number of halogens is 4. The highest BCUT2D eigenvalue weighted by Crippen LogP contribution is 2.25. The number of aromatic hydroxyl groups is 1. The number of ether oxygens (including phenoxy) is 1. The van der Waals surface area contributed by atoms with E-state index in [9.17, 15) is 23.1 Å². The molecule has 3 N–H and O–H groups in total. The Morgan fingerprint density at radius 1 is 0.973 bits per heavy atom. The van der Waals surface area contributed by atoms with Crippen molar-refractivity contribution in [1.29, 1.82) is 0 Å². The van der Waals surface area contributed by atoms with Gasteiger partial charge >= 0.3 is 6.36 Å². The van der Waals surface area contributed by atoms with Crippen LogP contribution in [0.15, 0.2) is 84.0 Å². The van der Waals surface area contributed by atoms with Crippen LogP contribution in [0.4, 0.5) is 13.2 Å². The van der Waals surface area contributed by atoms with Crippen molar-refractivity contribution in [2.75, 3.05) is 0 Å². The van der Waals surface area contributed by atoms with Gasteiger partial charge in [-0.25, -0.2) is 5.43 Å². The van der Waals surface area contributed by atoms with Crippen molar-refractivity contribution in [1.82, 2.24) is 10.7 Å². The minimum Gasteiger partial charge on any atom is -0.506 e. The molecule has 0 radical (unpaired) electrons. The molecule has 0 aromatic heterocycles. The lowest BCUT2D eigenvalue weighted by atomic mass is 10.00. The molecule has 37 heavy (non-hydrogen) atoms. The van der Waals surface area contributed by atoms with Gasteiger partial charge in [-0.15, -0.1) is 13.2 Å². The number of hydrogen-bond acceptors (Lipinski definition) is 5. The molecule has 10 heteroatoms. The number of alkyl halides is 3. The molecule has 0 saturated heterocycles. The number of amides is 1. The Balaban J connectivity index is 1.40. The molecule has 0 atom stereocenters. The predicted octanol–water partition coefficient (Wildman–Crippen LogP) is 6.15. The molecule has 0 unspecified atom stereocenters. The minimum atomic E-state index is -4.72. The maximum atomic E-state index is 12.3. The number of hydrogen-bond donors (Lipinski definition) is 3. The summed E-state index contributed by atoms with van der Waals surface area (Å²) >= 11 is 5.85. The predicted molar refractivity (Wildman–Crippen MR) is 136 cm³/mol. The van der Waals surface area contributed by atoms with Gasteiger partial charge in [-0.05, 0) is 52.2 Å². The molecule has 0 aliphatic rings. The van der Waals surface area contributed by atoms with Crippen LogP contribution in [-0.2, 0) is 13.1 Å². The van der Waals surface area contributed by atoms with E-state index >= 15 is 0 Å². The van der Waals surface area contributed by atoms with Crippen LogP contribution in [-0.4, -0.2) is 23.6 Å². The first-order chi connectivity index (χ1) is 17.7. The number of nitrogens with zero attached hydrogens (tertiary/aromatic N) is 1. The number of nitrogens with one attached hydrogen (secondary N) is 2. The summed E-state index contributed by atoms with van der Waals surface area (Å²) in [5, 5.41) is 18.8. The van der Waals surface area contributed by atoms with Crippen molar-refractivity contribution in [2.45, 2.75) is 19.5 Å². The van der Waals surface area contributed by atoms with E-state index in [1.54, 1.807) is 18.3 Å². The van der Waals surface area contributed by atoms with Gasteiger partial charge in [-0.1, -0.05) is 60.1 Å². The number of carbonyl (C=O) groups excluding carboxylic acids is 1. The lowest BCUT2D eigenvalue weighted by Gasteiger charge is -2.11. The molecule has 0 spiro atoms. The zero-order valence-electron chi connectivity index (χ0n) is 19.2. The van der Waals surface area contributed by atoms with Crippen molar-refractivity contribution in [3.8, 4) is 11.5 Å². The molecule has 0 bridgehead atoms. The van der Waals surface area contributed by atoms with E-state index in [1.807, 2.05) is 36.4 Å². The highest BCUT2D eigenvalue weighted by atomic mass is 35.5. The summed E-state index contributed by atoms with van der Waals surface area (Å²) in [5.41, 5.74) is 5.34. The Morgan fingerprint density at radius 2 is 1.70 bits per heavy atom. The van der Waals surface area contributed by atoms with Gasteiger partial charge < -0.3 is 15.2 Å². The van der Waals surface area contributed by atoms with Crippen molar-refractivity contribution in [3.63, 3.8) is 0 Å². The first kappa shape index (κ1) is 26.0. The number of hydrazone groups is 1. The largest absolute Gasteiger partial charge is 0.573 e. The summed E-state index contributed by atoms with van der Waals surface area (Å²) in [4.78, 5) is 12.3. The highest BCUT2D eigenvalue weighted by Gasteiger charge is 2.30. The van der Waals surface area contributed by atoms with Gasteiger partial charge in [0.25, 0.3) is 5.91 Å². The van der Waals surface area contributed by atoms with Crippen LogP contribution in [0.3, 0.4) is 0 Å². The van der Waals surface area contributed by atoms with Crippen molar-refractivity contribution < 1.29 is 27.8 Å². The second-order valence-electron chi connectivity index (χ2n) is 8.02. The normalized spacial score (nSPS) is 11.7. The quantitative estimate of drug-likeness (QED) is 0.189. The molecule has 4 aromatic rings. The number of phenols is 1. The molecule has 0 fully saturated rings. The van der Waals surface area contributed by atoms with Gasteiger partial charge in [0.1, 0.15) is 11.5 Å². The van der Waals surface area contributed by atoms with Crippen molar-refractivity contribution in [3.05, 3.63) is 106 Å². The molecule has 0 aliphatic heterocycles. The van der Waals surface area contributed by atoms with Crippen LogP contribution >= 0.6 is 11.6 Å². The molecule has 1 amide bonds. The third-order valence-electron chi connectivity index (χ3n) is 5.43. The van der Waals surface area contributed by atoms with Crippen molar-refractivity contribution >= 4 is 34.5 Å². The minimum absolute atomic E-state index is 0.0688. The second kappa shape index (κ2) is 11.3. The molecule has 0 heterocycles. The van der Waals surface area contributed by atoms with Gasteiger partial charge in [0, 0.05) is 24.2 Å². The first-order valence-electron chi connectivity index (χ1n) is 11.1. The van der Waals surface area contributed by atoms with Gasteiger partial charge in [0.2, 0.25) is 0 Å². The summed E-state index contributed by atoms with van der Waals surface area (Å²) in [6.45, 7) is 0.980. The third-order valence-corrected chi connectivity index (χ3v) is 5.73. The monoisotopic (exact) mass is 527 g/mol. The standard InChI is InChI=1S/C27H21ClF3N3O3/c28-24-13-18(9-12-25(24)35)26(36)34-33-16-20-8-7-19(22-3-1-2-4-23(20)22)15-32-14-17-5-10-21(11-6-17)37-27(29,30)31/h1-13,16,32,35H,14-15H2,(H,34,36). The molecular weight excluding hydrogens is 507 g/mol. The lowest BCUT2D eigenvalue weighted by Crippen LogP contribution is -2.17. The van der Waals surface area contributed by atoms with E-state index in [0.29, 0.717) is 13.1 Å². The SMILES string of the molecule is O=C(NN=Cc1ccc(CNCc2ccc(OC(F)(F)F)cc2)c2ccccc12)c1ccc(O)c(Cl)c1. The summed E-state index contributed by atoms with van der Waals surface area (Å²) in [5.74, 6) is -0.847. The van der Waals surface area contributed by atoms with Crippen LogP contribution in [0.1, 0.15) is 27.0 Å². The zero-order valence-corrected chi connectivity index (χ0v) is 20.0. The fourth-order valence-corrected chi connectivity index (χ4v) is 3.86. The number of carbonyl (C=O) groups is 1. The number of phenolic OH excluding ortho intramolecular Hbond substituents is 1. The zero-order chi connectivity index (χ0) is 26.4. The Kier molecular flexibility index (Phi) is 7.95. The average Bonchev–Trinajstić information content (AvgIpc) is 2.86. The van der Waals surface area contributed by atoms with E-state index in [1.165, 1.54) is 30.3 Å². The molecule has 0 saturated carbocycles. The van der Waals surface area contributed by atoms with E-state index in [2.05, 4.69) is 20.6 Å². The summed E-state index contributed by atoms with van der Waals surface area (Å²) in [7, 11) is 0. The summed E-state index contributed by atoms with van der Waals surface area (Å²) < 4.78 is 40.8. The van der Waals surface area contributed by atoms with Crippen LogP contribution in [0.2, 0.25) is 5.02 Å². The Bertz CT molecular complexity index is 1440. The lowest BCUT2D eigenvalue weighted by molar-refractivity contribution is -0.274.